The lowest BCUT2D eigenvalue weighted by Gasteiger charge is -2.11. The molecule has 1 rings (SSSR count). The van der Waals surface area contributed by atoms with Gasteiger partial charge in [-0.2, -0.15) is 0 Å². The van der Waals surface area contributed by atoms with Crippen LogP contribution in [0.3, 0.4) is 0 Å². The minimum absolute atomic E-state index is 0.300. The summed E-state index contributed by atoms with van der Waals surface area (Å²) in [5.41, 5.74) is 6.21. The fraction of sp³-hybridized carbons (Fsp3) is 0.364. The van der Waals surface area contributed by atoms with E-state index in [0.29, 0.717) is 35.1 Å². The lowest BCUT2D eigenvalue weighted by Crippen LogP contribution is -2.09. The van der Waals surface area contributed by atoms with Crippen molar-refractivity contribution < 1.29 is 13.9 Å². The van der Waals surface area contributed by atoms with Gasteiger partial charge in [-0.3, -0.25) is 4.39 Å². The number of halogens is 1. The van der Waals surface area contributed by atoms with Gasteiger partial charge in [0.05, 0.1) is 20.4 Å². The molecule has 0 saturated carbocycles. The molecule has 0 aliphatic rings. The highest BCUT2D eigenvalue weighted by atomic mass is 32.1. The van der Waals surface area contributed by atoms with Gasteiger partial charge in [0.2, 0.25) is 0 Å². The van der Waals surface area contributed by atoms with Crippen molar-refractivity contribution in [3.8, 4) is 11.5 Å². The topological polar surface area (TPSA) is 44.5 Å². The average Bonchev–Trinajstić information content (AvgIpc) is 2.29. The molecule has 0 bridgehead atoms. The molecular weight excluding hydrogens is 229 g/mol. The largest absolute Gasteiger partial charge is 0.493 e. The zero-order valence-electron chi connectivity index (χ0n) is 9.03. The third kappa shape index (κ3) is 3.34. The normalized spacial score (nSPS) is 9.88. The van der Waals surface area contributed by atoms with E-state index in [4.69, 9.17) is 27.4 Å². The van der Waals surface area contributed by atoms with Crippen LogP contribution in [0.4, 0.5) is 4.39 Å². The van der Waals surface area contributed by atoms with E-state index in [1.54, 1.807) is 18.2 Å². The molecule has 2 N–H and O–H groups in total. The smallest absolute Gasteiger partial charge is 0.161 e. The Morgan fingerprint density at radius 3 is 2.75 bits per heavy atom. The van der Waals surface area contributed by atoms with Crippen molar-refractivity contribution in [1.82, 2.24) is 0 Å². The summed E-state index contributed by atoms with van der Waals surface area (Å²) in [6.45, 7) is -0.0768. The molecule has 0 aromatic heterocycles. The second-order valence-corrected chi connectivity index (χ2v) is 3.56. The van der Waals surface area contributed by atoms with Gasteiger partial charge in [-0.15, -0.1) is 0 Å². The summed E-state index contributed by atoms with van der Waals surface area (Å²) in [4.78, 5) is 0.300. The predicted molar refractivity (Wildman–Crippen MR) is 65.0 cm³/mol. The number of thiocarbonyl (C=S) groups is 1. The first kappa shape index (κ1) is 12.7. The minimum atomic E-state index is -0.396. The van der Waals surface area contributed by atoms with Crippen molar-refractivity contribution in [2.75, 3.05) is 20.4 Å². The SMILES string of the molecule is COc1cc(C(N)=S)ccc1OCCCF. The zero-order valence-corrected chi connectivity index (χ0v) is 9.85. The number of benzene rings is 1. The Labute approximate surface area is 99.3 Å². The Balaban J connectivity index is 2.80. The monoisotopic (exact) mass is 243 g/mol. The van der Waals surface area contributed by atoms with Crippen LogP contribution in [0.1, 0.15) is 12.0 Å². The molecule has 88 valence electrons. The van der Waals surface area contributed by atoms with Gasteiger partial charge < -0.3 is 15.2 Å². The van der Waals surface area contributed by atoms with Gasteiger partial charge in [-0.1, -0.05) is 12.2 Å². The van der Waals surface area contributed by atoms with E-state index < -0.39 is 6.67 Å². The number of hydrogen-bond acceptors (Lipinski definition) is 3. The Morgan fingerprint density at radius 1 is 1.44 bits per heavy atom. The Bertz CT molecular complexity index is 371. The molecule has 0 spiro atoms. The highest BCUT2D eigenvalue weighted by molar-refractivity contribution is 7.80. The number of methoxy groups -OCH3 is 1. The molecule has 0 aliphatic carbocycles. The molecule has 0 radical (unpaired) electrons. The van der Waals surface area contributed by atoms with Gasteiger partial charge in [-0.25, -0.2) is 0 Å². The molecule has 0 fully saturated rings. The van der Waals surface area contributed by atoms with Crippen LogP contribution in [0.2, 0.25) is 0 Å². The zero-order chi connectivity index (χ0) is 12.0. The Morgan fingerprint density at radius 2 is 2.19 bits per heavy atom. The predicted octanol–water partition coefficient (Wildman–Crippen LogP) is 2.07. The van der Waals surface area contributed by atoms with E-state index in [-0.39, 0.29) is 0 Å². The number of nitrogens with two attached hydrogens (primary N) is 1. The quantitative estimate of drug-likeness (QED) is 0.613. The van der Waals surface area contributed by atoms with Gasteiger partial charge >= 0.3 is 0 Å². The molecule has 16 heavy (non-hydrogen) atoms. The van der Waals surface area contributed by atoms with Crippen molar-refractivity contribution >= 4 is 17.2 Å². The molecule has 1 aromatic rings. The summed E-state index contributed by atoms with van der Waals surface area (Å²) >= 11 is 4.85. The standard InChI is InChI=1S/C11H14FNO2S/c1-14-10-7-8(11(13)16)3-4-9(10)15-6-2-5-12/h3-4,7H,2,5-6H2,1H3,(H2,13,16). The molecule has 0 aliphatic heterocycles. The third-order valence-electron chi connectivity index (χ3n) is 1.98. The number of alkyl halides is 1. The maximum Gasteiger partial charge on any atom is 0.161 e. The fourth-order valence-corrected chi connectivity index (χ4v) is 1.30. The van der Waals surface area contributed by atoms with E-state index in [0.717, 1.165) is 0 Å². The van der Waals surface area contributed by atoms with Crippen molar-refractivity contribution in [1.29, 1.82) is 0 Å². The number of hydrogen-bond donors (Lipinski definition) is 1. The average molecular weight is 243 g/mol. The van der Waals surface area contributed by atoms with Gasteiger partial charge in [0.15, 0.2) is 11.5 Å². The van der Waals surface area contributed by atoms with E-state index in [1.807, 2.05) is 0 Å². The van der Waals surface area contributed by atoms with Crippen LogP contribution in [-0.2, 0) is 0 Å². The van der Waals surface area contributed by atoms with E-state index in [9.17, 15) is 4.39 Å². The summed E-state index contributed by atoms with van der Waals surface area (Å²) in [6.07, 6.45) is 0.361. The van der Waals surface area contributed by atoms with E-state index in [1.165, 1.54) is 7.11 Å². The van der Waals surface area contributed by atoms with Crippen LogP contribution < -0.4 is 15.2 Å². The summed E-state index contributed by atoms with van der Waals surface area (Å²) < 4.78 is 22.4. The maximum absolute atomic E-state index is 11.9. The van der Waals surface area contributed by atoms with Crippen LogP contribution in [0.25, 0.3) is 0 Å². The van der Waals surface area contributed by atoms with Crippen LogP contribution in [-0.4, -0.2) is 25.4 Å². The van der Waals surface area contributed by atoms with Gasteiger partial charge in [0.25, 0.3) is 0 Å². The van der Waals surface area contributed by atoms with Crippen molar-refractivity contribution in [2.24, 2.45) is 5.73 Å². The van der Waals surface area contributed by atoms with Crippen LogP contribution >= 0.6 is 12.2 Å². The van der Waals surface area contributed by atoms with E-state index >= 15 is 0 Å². The molecule has 0 saturated heterocycles. The van der Waals surface area contributed by atoms with Crippen molar-refractivity contribution in [3.63, 3.8) is 0 Å². The third-order valence-corrected chi connectivity index (χ3v) is 2.22. The highest BCUT2D eigenvalue weighted by Gasteiger charge is 2.06. The highest BCUT2D eigenvalue weighted by Crippen LogP contribution is 2.28. The summed E-state index contributed by atoms with van der Waals surface area (Å²) in [5.74, 6) is 1.11. The number of ether oxygens (including phenoxy) is 2. The lowest BCUT2D eigenvalue weighted by molar-refractivity contribution is 0.274. The summed E-state index contributed by atoms with van der Waals surface area (Å²) in [5, 5.41) is 0. The van der Waals surface area contributed by atoms with Crippen LogP contribution in [0.15, 0.2) is 18.2 Å². The van der Waals surface area contributed by atoms with Crippen LogP contribution in [0, 0.1) is 0 Å². The second-order valence-electron chi connectivity index (χ2n) is 3.12. The first-order valence-corrected chi connectivity index (χ1v) is 5.26. The number of rotatable bonds is 6. The lowest BCUT2D eigenvalue weighted by atomic mass is 10.2. The summed E-state index contributed by atoms with van der Waals surface area (Å²) in [6, 6.07) is 5.16. The first-order valence-electron chi connectivity index (χ1n) is 4.85. The van der Waals surface area contributed by atoms with Crippen molar-refractivity contribution in [3.05, 3.63) is 23.8 Å². The van der Waals surface area contributed by atoms with Gasteiger partial charge in [0, 0.05) is 12.0 Å². The van der Waals surface area contributed by atoms with Gasteiger partial charge in [0.1, 0.15) is 4.99 Å². The second kappa shape index (κ2) is 6.27. The Kier molecular flexibility index (Phi) is 4.98. The molecule has 1 aromatic carbocycles. The molecule has 0 amide bonds. The Hall–Kier alpha value is -1.36. The first-order chi connectivity index (χ1) is 7.69. The molecule has 0 unspecified atom stereocenters. The van der Waals surface area contributed by atoms with E-state index in [2.05, 4.69) is 0 Å². The van der Waals surface area contributed by atoms with Crippen LogP contribution in [0.5, 0.6) is 11.5 Å². The van der Waals surface area contributed by atoms with Crippen molar-refractivity contribution in [2.45, 2.75) is 6.42 Å². The molecule has 3 nitrogen and oxygen atoms in total. The summed E-state index contributed by atoms with van der Waals surface area (Å²) in [7, 11) is 1.53. The maximum atomic E-state index is 11.9. The van der Waals surface area contributed by atoms with Gasteiger partial charge in [-0.05, 0) is 18.2 Å². The molecule has 0 heterocycles. The fourth-order valence-electron chi connectivity index (χ4n) is 1.18. The molecule has 5 heteroatoms. The molecule has 0 atom stereocenters. The minimum Gasteiger partial charge on any atom is -0.493 e. The molecular formula is C11H14FNO2S.